The van der Waals surface area contributed by atoms with Gasteiger partial charge in [0.05, 0.1) is 0 Å². The van der Waals surface area contributed by atoms with Gasteiger partial charge in [-0.3, -0.25) is 6.08 Å². The number of halogens is 2. The maximum absolute atomic E-state index is 3.35. The smallest absolute Gasteiger partial charge is 1.00 e. The second kappa shape index (κ2) is 17.7. The van der Waals surface area contributed by atoms with Gasteiger partial charge in [0.2, 0.25) is 0 Å². The summed E-state index contributed by atoms with van der Waals surface area (Å²) in [7, 11) is 0.0611. The molecule has 190 valence electrons. The number of hydrogen-bond donors (Lipinski definition) is 0. The molecule has 4 heteroatoms. The Kier molecular flexibility index (Phi) is 16.8. The monoisotopic (exact) mass is 696 g/mol. The van der Waals surface area contributed by atoms with Gasteiger partial charge in [0, 0.05) is 0 Å². The van der Waals surface area contributed by atoms with Crippen LogP contribution in [0.2, 0.25) is 0 Å². The molecule has 2 fully saturated rings. The summed E-state index contributed by atoms with van der Waals surface area (Å²) in [6.45, 7) is 4.51. The van der Waals surface area contributed by atoms with E-state index in [1.54, 1.807) is 5.30 Å². The second-order valence-electron chi connectivity index (χ2n) is 10.3. The van der Waals surface area contributed by atoms with Gasteiger partial charge in [0.1, 0.15) is 0 Å². The largest absolute Gasteiger partial charge is 4.00 e. The van der Waals surface area contributed by atoms with E-state index < -0.39 is 0 Å². The zero-order chi connectivity index (χ0) is 22.2. The Morgan fingerprint density at radius 2 is 1.54 bits per heavy atom. The first-order valence-electron chi connectivity index (χ1n) is 13.5. The minimum absolute atomic E-state index is 0. The second-order valence-corrected chi connectivity index (χ2v) is 13.1. The Morgan fingerprint density at radius 3 is 2.06 bits per heavy atom. The molecule has 2 saturated carbocycles. The van der Waals surface area contributed by atoms with E-state index in [2.05, 4.69) is 68.5 Å². The van der Waals surface area contributed by atoms with Crippen LogP contribution in [0.4, 0.5) is 0 Å². The van der Waals surface area contributed by atoms with Crippen LogP contribution < -0.4 is 30.1 Å². The first kappa shape index (κ1) is 33.2. The molecular formula is C31H43Cl2HfP. The number of fused-ring (bicyclic) bond motifs is 1. The fourth-order valence-electron chi connectivity index (χ4n) is 6.07. The van der Waals surface area contributed by atoms with Gasteiger partial charge < -0.3 is 24.8 Å². The minimum atomic E-state index is 0. The molecule has 0 aliphatic heterocycles. The molecule has 1 atom stereocenters. The van der Waals surface area contributed by atoms with Crippen molar-refractivity contribution in [2.75, 3.05) is 0 Å². The first-order chi connectivity index (χ1) is 15.8. The van der Waals surface area contributed by atoms with Crippen LogP contribution in [0.3, 0.4) is 0 Å². The van der Waals surface area contributed by atoms with Crippen LogP contribution in [0.1, 0.15) is 97.3 Å². The minimum Gasteiger partial charge on any atom is -1.00 e. The maximum Gasteiger partial charge on any atom is 4.00 e. The van der Waals surface area contributed by atoms with Crippen LogP contribution >= 0.6 is 7.92 Å². The van der Waals surface area contributed by atoms with Crippen LogP contribution in [0, 0.1) is 12.0 Å². The number of benzene rings is 1. The Labute approximate surface area is 247 Å². The molecule has 0 aromatic heterocycles. The molecular weight excluding hydrogens is 653 g/mol. The average molecular weight is 696 g/mol. The fourth-order valence-corrected chi connectivity index (χ4v) is 9.93. The summed E-state index contributed by atoms with van der Waals surface area (Å²) in [5, 5.41) is 4.67. The predicted molar refractivity (Wildman–Crippen MR) is 144 cm³/mol. The molecule has 0 saturated heterocycles. The number of rotatable bonds is 6. The molecule has 5 rings (SSSR count). The molecule has 0 heterocycles. The van der Waals surface area contributed by atoms with Gasteiger partial charge in [-0.15, -0.1) is 46.8 Å². The quantitative estimate of drug-likeness (QED) is 0.247. The van der Waals surface area contributed by atoms with Gasteiger partial charge in [-0.2, -0.15) is 12.1 Å². The first-order valence-corrected chi connectivity index (χ1v) is 15.0. The van der Waals surface area contributed by atoms with Crippen molar-refractivity contribution in [3.63, 3.8) is 0 Å². The Hall–Kier alpha value is 0.190. The normalized spacial score (nSPS) is 19.1. The van der Waals surface area contributed by atoms with Gasteiger partial charge in [-0.1, -0.05) is 78.7 Å². The summed E-state index contributed by atoms with van der Waals surface area (Å²) in [6.07, 6.45) is 26.2. The zero-order valence-electron chi connectivity index (χ0n) is 21.7. The van der Waals surface area contributed by atoms with Crippen LogP contribution in [-0.4, -0.2) is 11.3 Å². The maximum atomic E-state index is 3.35. The van der Waals surface area contributed by atoms with Gasteiger partial charge in [-0.05, 0) is 43.4 Å². The van der Waals surface area contributed by atoms with E-state index in [0.29, 0.717) is 0 Å². The molecule has 0 spiro atoms. The van der Waals surface area contributed by atoms with Crippen molar-refractivity contribution in [2.45, 2.75) is 109 Å². The van der Waals surface area contributed by atoms with Gasteiger partial charge in [-0.25, -0.2) is 11.6 Å². The van der Waals surface area contributed by atoms with Gasteiger partial charge in [0.25, 0.3) is 0 Å². The van der Waals surface area contributed by atoms with Crippen molar-refractivity contribution >= 4 is 24.0 Å². The summed E-state index contributed by atoms with van der Waals surface area (Å²) in [6, 6.07) is 14.1. The van der Waals surface area contributed by atoms with Crippen LogP contribution in [0.5, 0.6) is 0 Å². The molecule has 0 N–H and O–H groups in total. The third-order valence-corrected chi connectivity index (χ3v) is 11.3. The van der Waals surface area contributed by atoms with E-state index in [4.69, 9.17) is 0 Å². The summed E-state index contributed by atoms with van der Waals surface area (Å²) in [4.78, 5) is 0. The average Bonchev–Trinajstić information content (AvgIpc) is 3.52. The predicted octanol–water partition coefficient (Wildman–Crippen LogP) is 3.45. The van der Waals surface area contributed by atoms with E-state index in [-0.39, 0.29) is 58.6 Å². The van der Waals surface area contributed by atoms with Crippen molar-refractivity contribution in [1.82, 2.24) is 0 Å². The SMILES string of the molecule is CCCC(C)C1=[C-]CC=C1.[Cl-].[Cl-].[Hf+4].c1ccc2[cH-]c(P(C3CCCCC3)C3CCCCC3)cc2c1. The molecule has 0 amide bonds. The molecule has 3 aliphatic carbocycles. The molecule has 1 unspecified atom stereocenters. The Bertz CT molecular complexity index is 839. The molecule has 3 aliphatic rings. The van der Waals surface area contributed by atoms with Crippen molar-refractivity contribution in [3.05, 3.63) is 60.2 Å². The van der Waals surface area contributed by atoms with E-state index in [1.165, 1.54) is 93.4 Å². The Morgan fingerprint density at radius 1 is 0.943 bits per heavy atom. The van der Waals surface area contributed by atoms with Crippen molar-refractivity contribution < 1.29 is 50.7 Å². The number of allylic oxidation sites excluding steroid dienone is 4. The molecule has 0 bridgehead atoms. The summed E-state index contributed by atoms with van der Waals surface area (Å²) >= 11 is 0. The van der Waals surface area contributed by atoms with E-state index in [1.807, 2.05) is 0 Å². The molecule has 0 nitrogen and oxygen atoms in total. The summed E-state index contributed by atoms with van der Waals surface area (Å²) in [5.74, 6) is 0.726. The van der Waals surface area contributed by atoms with Crippen LogP contribution in [0.15, 0.2) is 54.1 Å². The molecule has 35 heavy (non-hydrogen) atoms. The van der Waals surface area contributed by atoms with Gasteiger partial charge in [0.15, 0.2) is 0 Å². The standard InChI is InChI=1S/C21H28P.C10H15.2ClH.Hf/c1-3-11-19(12-4-1)22(20-13-5-2-6-14-20)21-15-17-9-7-8-10-18(17)16-21;1-3-6-9(2)10-7-4-5-8-10;;;/h7-10,15-16,19-20H,1-6,11-14H2;4,7,9H,3,5-6H2,1-2H3;2*1H;/q2*-1;;;+4/p-2. The number of hydrogen-bond acceptors (Lipinski definition) is 0. The fraction of sp³-hybridized carbons (Fsp3) is 0.581. The van der Waals surface area contributed by atoms with E-state index in [9.17, 15) is 0 Å². The van der Waals surface area contributed by atoms with Crippen LogP contribution in [-0.2, 0) is 25.8 Å². The van der Waals surface area contributed by atoms with Crippen molar-refractivity contribution in [3.8, 4) is 0 Å². The third-order valence-electron chi connectivity index (χ3n) is 7.81. The van der Waals surface area contributed by atoms with E-state index >= 15 is 0 Å². The third kappa shape index (κ3) is 9.46. The van der Waals surface area contributed by atoms with Gasteiger partial charge >= 0.3 is 25.8 Å². The molecule has 2 aromatic rings. The summed E-state index contributed by atoms with van der Waals surface area (Å²) in [5.41, 5.74) is 3.45. The molecule has 0 radical (unpaired) electrons. The van der Waals surface area contributed by atoms with Crippen molar-refractivity contribution in [1.29, 1.82) is 0 Å². The Balaban J connectivity index is 0.000000407. The topological polar surface area (TPSA) is 0 Å². The van der Waals surface area contributed by atoms with Crippen LogP contribution in [0.25, 0.3) is 10.8 Å². The summed E-state index contributed by atoms with van der Waals surface area (Å²) < 4.78 is 0. The van der Waals surface area contributed by atoms with Crippen molar-refractivity contribution in [2.24, 2.45) is 5.92 Å². The molecule has 2 aromatic carbocycles. The van der Waals surface area contributed by atoms with E-state index in [0.717, 1.165) is 23.7 Å². The zero-order valence-corrected chi connectivity index (χ0v) is 27.7.